The van der Waals surface area contributed by atoms with E-state index in [0.29, 0.717) is 11.5 Å². The minimum absolute atomic E-state index is 0.0957. The zero-order valence-electron chi connectivity index (χ0n) is 10.4. The Bertz CT molecular complexity index is 505. The van der Waals surface area contributed by atoms with Crippen LogP contribution in [0.4, 0.5) is 5.82 Å². The highest BCUT2D eigenvalue weighted by atomic mass is 79.9. The van der Waals surface area contributed by atoms with E-state index in [4.69, 9.17) is 10.5 Å². The Morgan fingerprint density at radius 3 is 3.00 bits per heavy atom. The van der Waals surface area contributed by atoms with E-state index in [9.17, 15) is 4.79 Å². The van der Waals surface area contributed by atoms with Crippen molar-refractivity contribution >= 4 is 27.7 Å². The van der Waals surface area contributed by atoms with E-state index in [0.717, 1.165) is 17.5 Å². The Morgan fingerprint density at radius 2 is 2.26 bits per heavy atom. The van der Waals surface area contributed by atoms with Gasteiger partial charge in [-0.15, -0.1) is 0 Å². The van der Waals surface area contributed by atoms with Crippen molar-refractivity contribution < 1.29 is 9.53 Å². The number of pyridine rings is 1. The van der Waals surface area contributed by atoms with Gasteiger partial charge < -0.3 is 15.8 Å². The van der Waals surface area contributed by atoms with Crippen LogP contribution in [0.3, 0.4) is 0 Å². The topological polar surface area (TPSA) is 77.2 Å². The third kappa shape index (κ3) is 2.74. The number of amides is 1. The van der Waals surface area contributed by atoms with Crippen LogP contribution in [0.25, 0.3) is 0 Å². The molecule has 1 amide bonds. The van der Waals surface area contributed by atoms with Crippen molar-refractivity contribution in [1.82, 2.24) is 10.3 Å². The minimum atomic E-state index is -0.174. The summed E-state index contributed by atoms with van der Waals surface area (Å²) in [6.45, 7) is 0.721. The first-order chi connectivity index (χ1) is 9.15. The van der Waals surface area contributed by atoms with Gasteiger partial charge in [0.2, 0.25) is 0 Å². The quantitative estimate of drug-likeness (QED) is 0.887. The molecule has 3 N–H and O–H groups in total. The molecule has 5 nitrogen and oxygen atoms in total. The SMILES string of the molecule is Nc1ncc(Br)cc1C(=O)NC1CCOC1C1CC1. The molecule has 2 aliphatic rings. The summed E-state index contributed by atoms with van der Waals surface area (Å²) in [5.74, 6) is 0.695. The maximum Gasteiger partial charge on any atom is 0.255 e. The second-order valence-corrected chi connectivity index (χ2v) is 6.04. The number of hydrogen-bond acceptors (Lipinski definition) is 4. The number of halogens is 1. The van der Waals surface area contributed by atoms with E-state index < -0.39 is 0 Å². The molecule has 102 valence electrons. The molecule has 1 aromatic rings. The molecular formula is C13H16BrN3O2. The van der Waals surface area contributed by atoms with Crippen molar-refractivity contribution in [2.45, 2.75) is 31.4 Å². The van der Waals surface area contributed by atoms with Crippen molar-refractivity contribution in [3.63, 3.8) is 0 Å². The molecule has 0 radical (unpaired) electrons. The number of nitrogens with zero attached hydrogens (tertiary/aromatic N) is 1. The molecule has 2 fully saturated rings. The molecule has 0 bridgehead atoms. The lowest BCUT2D eigenvalue weighted by atomic mass is 10.1. The average Bonchev–Trinajstić information content (AvgIpc) is 3.13. The van der Waals surface area contributed by atoms with E-state index in [1.165, 1.54) is 12.8 Å². The second-order valence-electron chi connectivity index (χ2n) is 5.13. The summed E-state index contributed by atoms with van der Waals surface area (Å²) in [6.07, 6.45) is 5.03. The van der Waals surface area contributed by atoms with Gasteiger partial charge in [-0.1, -0.05) is 0 Å². The van der Waals surface area contributed by atoms with Crippen LogP contribution in [-0.2, 0) is 4.74 Å². The molecule has 3 rings (SSSR count). The molecule has 1 saturated carbocycles. The molecule has 6 heteroatoms. The molecule has 1 aliphatic heterocycles. The first-order valence-electron chi connectivity index (χ1n) is 6.48. The predicted molar refractivity (Wildman–Crippen MR) is 74.7 cm³/mol. The van der Waals surface area contributed by atoms with E-state index in [1.54, 1.807) is 12.3 Å². The maximum absolute atomic E-state index is 12.3. The average molecular weight is 326 g/mol. The fraction of sp³-hybridized carbons (Fsp3) is 0.538. The molecule has 2 heterocycles. The van der Waals surface area contributed by atoms with Gasteiger partial charge in [0.05, 0.1) is 17.7 Å². The highest BCUT2D eigenvalue weighted by Gasteiger charge is 2.41. The fourth-order valence-corrected chi connectivity index (χ4v) is 2.86. The van der Waals surface area contributed by atoms with Crippen molar-refractivity contribution in [1.29, 1.82) is 0 Å². The van der Waals surface area contributed by atoms with Gasteiger partial charge in [-0.25, -0.2) is 4.98 Å². The molecule has 2 unspecified atom stereocenters. The summed E-state index contributed by atoms with van der Waals surface area (Å²) in [7, 11) is 0. The first-order valence-corrected chi connectivity index (χ1v) is 7.28. The molecule has 1 aliphatic carbocycles. The number of hydrogen-bond donors (Lipinski definition) is 2. The largest absolute Gasteiger partial charge is 0.383 e. The van der Waals surface area contributed by atoms with Crippen LogP contribution in [0.1, 0.15) is 29.6 Å². The van der Waals surface area contributed by atoms with Crippen LogP contribution in [-0.4, -0.2) is 29.6 Å². The highest BCUT2D eigenvalue weighted by molar-refractivity contribution is 9.10. The number of carbonyl (C=O) groups excluding carboxylic acids is 1. The molecule has 0 spiro atoms. The van der Waals surface area contributed by atoms with Gasteiger partial charge in [-0.3, -0.25) is 4.79 Å². The van der Waals surface area contributed by atoms with Crippen LogP contribution >= 0.6 is 15.9 Å². The molecule has 19 heavy (non-hydrogen) atoms. The minimum Gasteiger partial charge on any atom is -0.383 e. The normalized spacial score (nSPS) is 26.4. The van der Waals surface area contributed by atoms with Crippen LogP contribution < -0.4 is 11.1 Å². The monoisotopic (exact) mass is 325 g/mol. The van der Waals surface area contributed by atoms with Gasteiger partial charge in [0.1, 0.15) is 5.82 Å². The lowest BCUT2D eigenvalue weighted by Gasteiger charge is -2.19. The lowest BCUT2D eigenvalue weighted by molar-refractivity contribution is 0.0730. The standard InChI is InChI=1S/C13H16BrN3O2/c14-8-5-9(12(15)16-6-8)13(18)17-10-3-4-19-11(10)7-1-2-7/h5-7,10-11H,1-4H2,(H2,15,16)(H,17,18). The molecule has 2 atom stereocenters. The number of nitrogen functional groups attached to an aromatic ring is 1. The molecular weight excluding hydrogens is 310 g/mol. The molecule has 0 aromatic carbocycles. The number of aromatic nitrogens is 1. The van der Waals surface area contributed by atoms with Crippen LogP contribution in [0, 0.1) is 5.92 Å². The Hall–Kier alpha value is -1.14. The number of nitrogens with one attached hydrogen (secondary N) is 1. The van der Waals surface area contributed by atoms with Gasteiger partial charge in [0.15, 0.2) is 0 Å². The summed E-state index contributed by atoms with van der Waals surface area (Å²) >= 11 is 3.30. The Labute approximate surface area is 120 Å². The zero-order valence-corrected chi connectivity index (χ0v) is 12.0. The van der Waals surface area contributed by atoms with E-state index in [2.05, 4.69) is 26.2 Å². The van der Waals surface area contributed by atoms with Gasteiger partial charge >= 0.3 is 0 Å². The molecule has 1 aromatic heterocycles. The van der Waals surface area contributed by atoms with Crippen LogP contribution in [0.5, 0.6) is 0 Å². The summed E-state index contributed by atoms with van der Waals surface area (Å²) in [6, 6.07) is 1.79. The summed E-state index contributed by atoms with van der Waals surface area (Å²) in [4.78, 5) is 16.2. The first kappa shape index (κ1) is 12.9. The van der Waals surface area contributed by atoms with Crippen molar-refractivity contribution in [3.05, 3.63) is 22.3 Å². The van der Waals surface area contributed by atoms with Crippen molar-refractivity contribution in [3.8, 4) is 0 Å². The Morgan fingerprint density at radius 1 is 1.47 bits per heavy atom. The number of anilines is 1. The Kier molecular flexibility index (Phi) is 3.45. The van der Waals surface area contributed by atoms with Crippen LogP contribution in [0.15, 0.2) is 16.7 Å². The van der Waals surface area contributed by atoms with E-state index in [1.807, 2.05) is 0 Å². The highest BCUT2D eigenvalue weighted by Crippen LogP contribution is 2.38. The smallest absolute Gasteiger partial charge is 0.255 e. The number of rotatable bonds is 3. The maximum atomic E-state index is 12.3. The van der Waals surface area contributed by atoms with Gasteiger partial charge in [-0.05, 0) is 47.2 Å². The number of ether oxygens (including phenoxy) is 1. The van der Waals surface area contributed by atoms with Crippen molar-refractivity contribution in [2.24, 2.45) is 5.92 Å². The van der Waals surface area contributed by atoms with Gasteiger partial charge in [-0.2, -0.15) is 0 Å². The van der Waals surface area contributed by atoms with E-state index >= 15 is 0 Å². The Balaban J connectivity index is 1.72. The second kappa shape index (κ2) is 5.09. The molecule has 1 saturated heterocycles. The summed E-state index contributed by atoms with van der Waals surface area (Å²) < 4.78 is 6.45. The van der Waals surface area contributed by atoms with E-state index in [-0.39, 0.29) is 23.9 Å². The van der Waals surface area contributed by atoms with Gasteiger partial charge in [0, 0.05) is 17.3 Å². The predicted octanol–water partition coefficient (Wildman–Crippen LogP) is 1.72. The van der Waals surface area contributed by atoms with Crippen molar-refractivity contribution in [2.75, 3.05) is 12.3 Å². The summed E-state index contributed by atoms with van der Waals surface area (Å²) in [5.41, 5.74) is 6.16. The number of nitrogens with two attached hydrogens (primary N) is 1. The summed E-state index contributed by atoms with van der Waals surface area (Å²) in [5, 5.41) is 3.03. The number of carbonyl (C=O) groups is 1. The van der Waals surface area contributed by atoms with Crippen LogP contribution in [0.2, 0.25) is 0 Å². The lowest BCUT2D eigenvalue weighted by Crippen LogP contribution is -2.41. The zero-order chi connectivity index (χ0) is 13.4. The van der Waals surface area contributed by atoms with Gasteiger partial charge in [0.25, 0.3) is 5.91 Å². The third-order valence-corrected chi connectivity index (χ3v) is 4.10. The third-order valence-electron chi connectivity index (χ3n) is 3.67. The fourth-order valence-electron chi connectivity index (χ4n) is 2.53.